The molecule has 0 saturated heterocycles. The number of anilines is 1. The van der Waals surface area contributed by atoms with Crippen molar-refractivity contribution in [1.29, 1.82) is 5.26 Å². The molecule has 2 N–H and O–H groups in total. The Morgan fingerprint density at radius 3 is 2.53 bits per heavy atom. The zero-order chi connectivity index (χ0) is 12.6. The quantitative estimate of drug-likeness (QED) is 0.836. The fraction of sp³-hybridized carbons (Fsp3) is 0.308. The van der Waals surface area contributed by atoms with E-state index >= 15 is 0 Å². The van der Waals surface area contributed by atoms with Crippen LogP contribution in [0.2, 0.25) is 0 Å². The van der Waals surface area contributed by atoms with Gasteiger partial charge in [-0.05, 0) is 16.9 Å². The fourth-order valence-corrected chi connectivity index (χ4v) is 3.67. The number of nitrogens with zero attached hydrogens (tertiary/aromatic N) is 1. The lowest BCUT2D eigenvalue weighted by atomic mass is 9.90. The normalized spacial score (nSPS) is 11.4. The fourth-order valence-electron chi connectivity index (χ4n) is 1.72. The Balaban J connectivity index is 2.73. The van der Waals surface area contributed by atoms with Crippen LogP contribution in [0, 0.1) is 11.3 Å². The van der Waals surface area contributed by atoms with Crippen molar-refractivity contribution in [2.24, 2.45) is 0 Å². The molecule has 0 amide bonds. The van der Waals surface area contributed by atoms with Crippen molar-refractivity contribution in [3.05, 3.63) is 27.3 Å². The van der Waals surface area contributed by atoms with E-state index in [-0.39, 0.29) is 5.41 Å². The van der Waals surface area contributed by atoms with Crippen LogP contribution in [0.3, 0.4) is 0 Å². The number of rotatable bonds is 1. The van der Waals surface area contributed by atoms with Crippen LogP contribution in [0.5, 0.6) is 0 Å². The van der Waals surface area contributed by atoms with Crippen LogP contribution in [-0.4, -0.2) is 0 Å². The van der Waals surface area contributed by atoms with Crippen molar-refractivity contribution >= 4 is 28.4 Å². The van der Waals surface area contributed by atoms with Crippen molar-refractivity contribution in [3.8, 4) is 16.5 Å². The van der Waals surface area contributed by atoms with Crippen molar-refractivity contribution in [2.75, 3.05) is 5.73 Å². The first-order chi connectivity index (χ1) is 7.95. The standard InChI is InChI=1S/C13H14N2S2/c1-13(2,3)12-10(8-5-4-6-16-8)11(15)9(7-14)17-12/h4-6H,15H2,1-3H3. The van der Waals surface area contributed by atoms with Crippen LogP contribution in [0.15, 0.2) is 17.5 Å². The van der Waals surface area contributed by atoms with Gasteiger partial charge in [-0.3, -0.25) is 0 Å². The molecule has 4 heteroatoms. The minimum absolute atomic E-state index is 0.00715. The minimum atomic E-state index is 0.00715. The Hall–Kier alpha value is -1.31. The predicted octanol–water partition coefficient (Wildman–Crippen LogP) is 4.23. The molecule has 0 spiro atoms. The molecule has 0 aliphatic rings. The molecule has 0 atom stereocenters. The summed E-state index contributed by atoms with van der Waals surface area (Å²) in [6.07, 6.45) is 0. The Morgan fingerprint density at radius 1 is 1.35 bits per heavy atom. The number of nitrogen functional groups attached to an aromatic ring is 1. The summed E-state index contributed by atoms with van der Waals surface area (Å²) in [4.78, 5) is 2.96. The lowest BCUT2D eigenvalue weighted by molar-refractivity contribution is 0.606. The topological polar surface area (TPSA) is 49.8 Å². The second-order valence-electron chi connectivity index (χ2n) is 4.89. The molecule has 0 aliphatic heterocycles. The molecule has 0 fully saturated rings. The van der Waals surface area contributed by atoms with Crippen LogP contribution in [0.1, 0.15) is 30.5 Å². The molecule has 2 aromatic heterocycles. The van der Waals surface area contributed by atoms with Gasteiger partial charge in [0.2, 0.25) is 0 Å². The van der Waals surface area contributed by atoms with E-state index in [0.717, 1.165) is 10.4 Å². The molecule has 2 nitrogen and oxygen atoms in total. The molecule has 2 rings (SSSR count). The maximum absolute atomic E-state index is 9.10. The molecular formula is C13H14N2S2. The van der Waals surface area contributed by atoms with Gasteiger partial charge in [-0.15, -0.1) is 22.7 Å². The van der Waals surface area contributed by atoms with E-state index < -0.39 is 0 Å². The Bertz CT molecular complexity index is 566. The number of hydrogen-bond donors (Lipinski definition) is 1. The van der Waals surface area contributed by atoms with Crippen LogP contribution in [0.4, 0.5) is 5.69 Å². The lowest BCUT2D eigenvalue weighted by Gasteiger charge is -2.18. The third-order valence-corrected chi connectivity index (χ3v) is 4.92. The van der Waals surface area contributed by atoms with E-state index in [1.807, 2.05) is 11.4 Å². The Labute approximate surface area is 109 Å². The summed E-state index contributed by atoms with van der Waals surface area (Å²) in [6, 6.07) is 6.25. The highest BCUT2D eigenvalue weighted by molar-refractivity contribution is 7.16. The largest absolute Gasteiger partial charge is 0.396 e. The minimum Gasteiger partial charge on any atom is -0.396 e. The molecule has 0 bridgehead atoms. The summed E-state index contributed by atoms with van der Waals surface area (Å²) in [5, 5.41) is 11.1. The second kappa shape index (κ2) is 4.17. The first-order valence-corrected chi connectivity index (χ1v) is 7.01. The Morgan fingerprint density at radius 2 is 2.06 bits per heavy atom. The van der Waals surface area contributed by atoms with E-state index in [4.69, 9.17) is 11.0 Å². The molecular weight excluding hydrogens is 248 g/mol. The van der Waals surface area contributed by atoms with E-state index in [0.29, 0.717) is 10.6 Å². The van der Waals surface area contributed by atoms with Gasteiger partial charge in [0.1, 0.15) is 10.9 Å². The van der Waals surface area contributed by atoms with E-state index in [2.05, 4.69) is 32.9 Å². The molecule has 2 aromatic rings. The smallest absolute Gasteiger partial charge is 0.128 e. The SMILES string of the molecule is CC(C)(C)c1sc(C#N)c(N)c1-c1cccs1. The highest BCUT2D eigenvalue weighted by atomic mass is 32.1. The number of thiophene rings is 2. The van der Waals surface area contributed by atoms with Gasteiger partial charge in [0.15, 0.2) is 0 Å². The predicted molar refractivity (Wildman–Crippen MR) is 75.5 cm³/mol. The van der Waals surface area contributed by atoms with E-state index in [1.54, 1.807) is 11.3 Å². The van der Waals surface area contributed by atoms with Crippen LogP contribution in [0.25, 0.3) is 10.4 Å². The van der Waals surface area contributed by atoms with Gasteiger partial charge in [0.25, 0.3) is 0 Å². The highest BCUT2D eigenvalue weighted by Crippen LogP contribution is 2.45. The monoisotopic (exact) mass is 262 g/mol. The molecule has 0 aliphatic carbocycles. The van der Waals surface area contributed by atoms with Crippen molar-refractivity contribution in [2.45, 2.75) is 26.2 Å². The Kier molecular flexibility index (Phi) is 2.98. The zero-order valence-corrected chi connectivity index (χ0v) is 11.7. The van der Waals surface area contributed by atoms with Crippen LogP contribution < -0.4 is 5.73 Å². The summed E-state index contributed by atoms with van der Waals surface area (Å²) in [5.41, 5.74) is 7.78. The van der Waals surface area contributed by atoms with Crippen molar-refractivity contribution in [3.63, 3.8) is 0 Å². The number of hydrogen-bond acceptors (Lipinski definition) is 4. The molecule has 0 unspecified atom stereocenters. The molecule has 17 heavy (non-hydrogen) atoms. The molecule has 0 saturated carbocycles. The van der Waals surface area contributed by atoms with Crippen molar-refractivity contribution in [1.82, 2.24) is 0 Å². The van der Waals surface area contributed by atoms with E-state index in [9.17, 15) is 0 Å². The van der Waals surface area contributed by atoms with Gasteiger partial charge in [-0.25, -0.2) is 0 Å². The van der Waals surface area contributed by atoms with Gasteiger partial charge in [-0.1, -0.05) is 26.8 Å². The average molecular weight is 262 g/mol. The summed E-state index contributed by atoms with van der Waals surface area (Å²) < 4.78 is 0. The maximum atomic E-state index is 9.10. The number of nitriles is 1. The summed E-state index contributed by atoms with van der Waals surface area (Å²) in [5.74, 6) is 0. The summed E-state index contributed by atoms with van der Waals surface area (Å²) in [7, 11) is 0. The number of nitrogens with two attached hydrogens (primary N) is 1. The lowest BCUT2D eigenvalue weighted by Crippen LogP contribution is -2.10. The van der Waals surface area contributed by atoms with E-state index in [1.165, 1.54) is 16.2 Å². The van der Waals surface area contributed by atoms with Gasteiger partial charge < -0.3 is 5.73 Å². The third kappa shape index (κ3) is 2.08. The molecule has 88 valence electrons. The van der Waals surface area contributed by atoms with Gasteiger partial charge in [0.05, 0.1) is 5.69 Å². The first-order valence-electron chi connectivity index (χ1n) is 5.32. The third-order valence-electron chi connectivity index (χ3n) is 2.50. The second-order valence-corrected chi connectivity index (χ2v) is 6.86. The summed E-state index contributed by atoms with van der Waals surface area (Å²) in [6.45, 7) is 6.45. The van der Waals surface area contributed by atoms with Gasteiger partial charge >= 0.3 is 0 Å². The van der Waals surface area contributed by atoms with Gasteiger partial charge in [0, 0.05) is 15.3 Å². The van der Waals surface area contributed by atoms with Crippen molar-refractivity contribution < 1.29 is 0 Å². The average Bonchev–Trinajstić information content (AvgIpc) is 2.82. The van der Waals surface area contributed by atoms with Crippen LogP contribution in [-0.2, 0) is 5.41 Å². The molecule has 2 heterocycles. The van der Waals surface area contributed by atoms with Crippen LogP contribution >= 0.6 is 22.7 Å². The summed E-state index contributed by atoms with van der Waals surface area (Å²) >= 11 is 3.17. The molecule has 0 aromatic carbocycles. The zero-order valence-electron chi connectivity index (χ0n) is 10.1. The van der Waals surface area contributed by atoms with Gasteiger partial charge in [-0.2, -0.15) is 5.26 Å². The first kappa shape index (κ1) is 12.2. The maximum Gasteiger partial charge on any atom is 0.128 e. The molecule has 0 radical (unpaired) electrons. The highest BCUT2D eigenvalue weighted by Gasteiger charge is 2.26.